The highest BCUT2D eigenvalue weighted by Crippen LogP contribution is 2.23. The van der Waals surface area contributed by atoms with Crippen molar-refractivity contribution in [1.29, 1.82) is 0 Å². The highest BCUT2D eigenvalue weighted by molar-refractivity contribution is 6.03. The van der Waals surface area contributed by atoms with Crippen LogP contribution < -0.4 is 0 Å². The molecule has 2 heterocycles. The SMILES string of the molecule is CCCCc1ccc(CCc2cnc3cnc4ccccc4c3c2)cc1. The zero-order valence-corrected chi connectivity index (χ0v) is 15.3. The Morgan fingerprint density at radius 1 is 0.654 bits per heavy atom. The van der Waals surface area contributed by atoms with Crippen LogP contribution >= 0.6 is 0 Å². The Balaban J connectivity index is 1.53. The fourth-order valence-corrected chi connectivity index (χ4v) is 3.46. The largest absolute Gasteiger partial charge is 0.254 e. The lowest BCUT2D eigenvalue weighted by Crippen LogP contribution is -1.94. The third kappa shape index (κ3) is 3.60. The van der Waals surface area contributed by atoms with Crippen molar-refractivity contribution in [2.45, 2.75) is 39.0 Å². The van der Waals surface area contributed by atoms with Crippen molar-refractivity contribution in [2.75, 3.05) is 0 Å². The maximum absolute atomic E-state index is 4.63. The Morgan fingerprint density at radius 3 is 2.15 bits per heavy atom. The lowest BCUT2D eigenvalue weighted by atomic mass is 10.0. The molecule has 2 aromatic carbocycles. The Bertz CT molecular complexity index is 1020. The first-order valence-electron chi connectivity index (χ1n) is 9.53. The minimum Gasteiger partial charge on any atom is -0.254 e. The summed E-state index contributed by atoms with van der Waals surface area (Å²) in [5.74, 6) is 0. The Kier molecular flexibility index (Phi) is 4.92. The fourth-order valence-electron chi connectivity index (χ4n) is 3.46. The molecule has 2 nitrogen and oxygen atoms in total. The molecule has 0 radical (unpaired) electrons. The second kappa shape index (κ2) is 7.65. The minimum absolute atomic E-state index is 0.965. The number of hydrogen-bond acceptors (Lipinski definition) is 2. The predicted molar refractivity (Wildman–Crippen MR) is 110 cm³/mol. The van der Waals surface area contributed by atoms with Gasteiger partial charge in [-0.2, -0.15) is 0 Å². The summed E-state index contributed by atoms with van der Waals surface area (Å²) in [5, 5.41) is 2.38. The lowest BCUT2D eigenvalue weighted by molar-refractivity contribution is 0.794. The van der Waals surface area contributed by atoms with Gasteiger partial charge in [0.25, 0.3) is 0 Å². The average Bonchev–Trinajstić information content (AvgIpc) is 2.71. The number of aromatic nitrogens is 2. The predicted octanol–water partition coefficient (Wildman–Crippen LogP) is 5.91. The maximum Gasteiger partial charge on any atom is 0.0891 e. The molecule has 0 unspecified atom stereocenters. The lowest BCUT2D eigenvalue weighted by Gasteiger charge is -2.07. The molecular weight excluding hydrogens is 316 g/mol. The Morgan fingerprint density at radius 2 is 1.35 bits per heavy atom. The molecule has 2 heteroatoms. The van der Waals surface area contributed by atoms with Crippen molar-refractivity contribution in [3.63, 3.8) is 0 Å². The maximum atomic E-state index is 4.63. The number of unbranched alkanes of at least 4 members (excludes halogenated alkanes) is 1. The fraction of sp³-hybridized carbons (Fsp3) is 0.250. The van der Waals surface area contributed by atoms with Crippen LogP contribution in [0.15, 0.2) is 67.0 Å². The summed E-state index contributed by atoms with van der Waals surface area (Å²) in [6.07, 6.45) is 9.63. The van der Waals surface area contributed by atoms with Crippen LogP contribution in [-0.4, -0.2) is 9.97 Å². The van der Waals surface area contributed by atoms with E-state index < -0.39 is 0 Å². The normalized spacial score (nSPS) is 11.3. The van der Waals surface area contributed by atoms with E-state index in [9.17, 15) is 0 Å². The van der Waals surface area contributed by atoms with Gasteiger partial charge in [-0.05, 0) is 54.5 Å². The monoisotopic (exact) mass is 340 g/mol. The van der Waals surface area contributed by atoms with Gasteiger partial charge in [0.05, 0.1) is 17.2 Å². The first-order valence-corrected chi connectivity index (χ1v) is 9.53. The number of nitrogens with zero attached hydrogens (tertiary/aromatic N) is 2. The molecule has 0 saturated heterocycles. The van der Waals surface area contributed by atoms with Gasteiger partial charge in [-0.25, -0.2) is 0 Å². The van der Waals surface area contributed by atoms with Gasteiger partial charge in [-0.15, -0.1) is 0 Å². The van der Waals surface area contributed by atoms with E-state index >= 15 is 0 Å². The standard InChI is InChI=1S/C24H24N2/c1-2-3-6-18-9-11-19(12-10-18)13-14-20-15-22-21-7-4-5-8-23(21)26-17-24(22)25-16-20/h4-5,7-12,15-17H,2-3,6,13-14H2,1H3. The third-order valence-electron chi connectivity index (χ3n) is 5.04. The molecule has 0 N–H and O–H groups in total. The van der Waals surface area contributed by atoms with Crippen molar-refractivity contribution < 1.29 is 0 Å². The number of aryl methyl sites for hydroxylation is 3. The first kappa shape index (κ1) is 16.7. The van der Waals surface area contributed by atoms with E-state index in [1.165, 1.54) is 46.7 Å². The van der Waals surface area contributed by atoms with Gasteiger partial charge >= 0.3 is 0 Å². The van der Waals surface area contributed by atoms with Gasteiger partial charge in [-0.3, -0.25) is 9.97 Å². The smallest absolute Gasteiger partial charge is 0.0891 e. The molecule has 0 aliphatic rings. The van der Waals surface area contributed by atoms with Crippen molar-refractivity contribution >= 4 is 21.8 Å². The molecule has 130 valence electrons. The summed E-state index contributed by atoms with van der Waals surface area (Å²) in [6.45, 7) is 2.24. The highest BCUT2D eigenvalue weighted by atomic mass is 14.7. The third-order valence-corrected chi connectivity index (χ3v) is 5.04. The van der Waals surface area contributed by atoms with Crippen molar-refractivity contribution in [1.82, 2.24) is 9.97 Å². The van der Waals surface area contributed by atoms with Gasteiger partial charge in [0.1, 0.15) is 0 Å². The van der Waals surface area contributed by atoms with Crippen LogP contribution in [-0.2, 0) is 19.3 Å². The molecule has 4 aromatic rings. The van der Waals surface area contributed by atoms with Crippen molar-refractivity contribution in [3.8, 4) is 0 Å². The number of benzene rings is 2. The number of pyridine rings is 2. The minimum atomic E-state index is 0.965. The summed E-state index contributed by atoms with van der Waals surface area (Å²) in [6, 6.07) is 19.7. The molecule has 0 spiro atoms. The van der Waals surface area contributed by atoms with Crippen molar-refractivity contribution in [3.05, 3.63) is 83.7 Å². The van der Waals surface area contributed by atoms with E-state index in [0.29, 0.717) is 0 Å². The van der Waals surface area contributed by atoms with Crippen LogP contribution in [0.2, 0.25) is 0 Å². The molecular formula is C24H24N2. The molecule has 26 heavy (non-hydrogen) atoms. The second-order valence-electron chi connectivity index (χ2n) is 6.97. The molecule has 0 saturated carbocycles. The summed E-state index contributed by atoms with van der Waals surface area (Å²) in [7, 11) is 0. The molecule has 0 atom stereocenters. The van der Waals surface area contributed by atoms with Crippen LogP contribution in [0.25, 0.3) is 21.8 Å². The van der Waals surface area contributed by atoms with E-state index in [2.05, 4.69) is 65.4 Å². The van der Waals surface area contributed by atoms with E-state index in [0.717, 1.165) is 23.9 Å². The number of fused-ring (bicyclic) bond motifs is 3. The van der Waals surface area contributed by atoms with Crippen LogP contribution in [0.4, 0.5) is 0 Å². The molecule has 0 amide bonds. The van der Waals surface area contributed by atoms with Gasteiger partial charge in [-0.1, -0.05) is 55.8 Å². The zero-order chi connectivity index (χ0) is 17.8. The molecule has 0 aliphatic carbocycles. The van der Waals surface area contributed by atoms with E-state index in [1.807, 2.05) is 18.5 Å². The van der Waals surface area contributed by atoms with E-state index in [4.69, 9.17) is 0 Å². The van der Waals surface area contributed by atoms with Gasteiger partial charge < -0.3 is 0 Å². The number of para-hydroxylation sites is 1. The van der Waals surface area contributed by atoms with E-state index in [-0.39, 0.29) is 0 Å². The highest BCUT2D eigenvalue weighted by Gasteiger charge is 2.04. The summed E-state index contributed by atoms with van der Waals surface area (Å²) in [4.78, 5) is 9.13. The van der Waals surface area contributed by atoms with Crippen LogP contribution in [0, 0.1) is 0 Å². The molecule has 0 fully saturated rings. The van der Waals surface area contributed by atoms with Gasteiger partial charge in [0.2, 0.25) is 0 Å². The van der Waals surface area contributed by atoms with Crippen LogP contribution in [0.3, 0.4) is 0 Å². The average molecular weight is 340 g/mol. The quantitative estimate of drug-likeness (QED) is 0.408. The first-order chi connectivity index (χ1) is 12.8. The van der Waals surface area contributed by atoms with Crippen molar-refractivity contribution in [2.24, 2.45) is 0 Å². The second-order valence-corrected chi connectivity index (χ2v) is 6.97. The van der Waals surface area contributed by atoms with Gasteiger partial charge in [0.15, 0.2) is 0 Å². The van der Waals surface area contributed by atoms with E-state index in [1.54, 1.807) is 0 Å². The molecule has 4 rings (SSSR count). The summed E-state index contributed by atoms with van der Waals surface area (Å²) in [5.41, 5.74) is 6.12. The van der Waals surface area contributed by atoms with Gasteiger partial charge in [0, 0.05) is 17.0 Å². The number of rotatable bonds is 6. The Labute approximate surface area is 154 Å². The Hall–Kier alpha value is -2.74. The van der Waals surface area contributed by atoms with Crippen LogP contribution in [0.1, 0.15) is 36.5 Å². The summed E-state index contributed by atoms with van der Waals surface area (Å²) >= 11 is 0. The van der Waals surface area contributed by atoms with Crippen LogP contribution in [0.5, 0.6) is 0 Å². The summed E-state index contributed by atoms with van der Waals surface area (Å²) < 4.78 is 0. The topological polar surface area (TPSA) is 25.8 Å². The molecule has 2 aromatic heterocycles. The molecule has 0 aliphatic heterocycles. The zero-order valence-electron chi connectivity index (χ0n) is 15.3. The number of hydrogen-bond donors (Lipinski definition) is 0. The molecule has 0 bridgehead atoms.